The van der Waals surface area contributed by atoms with Gasteiger partial charge in [0.05, 0.1) is 0 Å². The third-order valence-corrected chi connectivity index (χ3v) is 3.11. The van der Waals surface area contributed by atoms with E-state index >= 15 is 0 Å². The number of hydrogen-bond donors (Lipinski definition) is 1. The minimum absolute atomic E-state index is 0.695. The fourth-order valence-electron chi connectivity index (χ4n) is 1.37. The molecule has 0 saturated carbocycles. The molecule has 1 fully saturated rings. The Morgan fingerprint density at radius 1 is 1.50 bits per heavy atom. The van der Waals surface area contributed by atoms with Gasteiger partial charge in [0.15, 0.2) is 0 Å². The van der Waals surface area contributed by atoms with Gasteiger partial charge in [0.1, 0.15) is 0 Å². The van der Waals surface area contributed by atoms with Gasteiger partial charge in [-0.15, -0.1) is 0 Å². The highest BCUT2D eigenvalue weighted by molar-refractivity contribution is 14.1. The highest BCUT2D eigenvalue weighted by Crippen LogP contribution is 2.27. The molecule has 2 bridgehead atoms. The summed E-state index contributed by atoms with van der Waals surface area (Å²) in [6.45, 7) is 0. The van der Waals surface area contributed by atoms with E-state index in [1.165, 1.54) is 6.42 Å². The Kier molecular flexibility index (Phi) is 1.11. The van der Waals surface area contributed by atoms with Gasteiger partial charge in [-0.05, 0) is 6.42 Å². The van der Waals surface area contributed by atoms with Crippen molar-refractivity contribution < 1.29 is 0 Å². The van der Waals surface area contributed by atoms with E-state index in [2.05, 4.69) is 40.1 Å². The lowest BCUT2D eigenvalue weighted by Gasteiger charge is -2.06. The zero-order valence-corrected chi connectivity index (χ0v) is 6.63. The highest BCUT2D eigenvalue weighted by atomic mass is 127. The Morgan fingerprint density at radius 3 is 2.62 bits per heavy atom. The van der Waals surface area contributed by atoms with Crippen molar-refractivity contribution in [3.8, 4) is 0 Å². The van der Waals surface area contributed by atoms with Crippen molar-refractivity contribution in [2.45, 2.75) is 22.4 Å². The summed E-state index contributed by atoms with van der Waals surface area (Å²) in [7, 11) is 0. The van der Waals surface area contributed by atoms with Gasteiger partial charge < -0.3 is 5.32 Å². The molecule has 0 amide bonds. The van der Waals surface area contributed by atoms with Crippen molar-refractivity contribution in [3.05, 3.63) is 12.2 Å². The molecule has 0 spiro atoms. The van der Waals surface area contributed by atoms with E-state index in [4.69, 9.17) is 0 Å². The van der Waals surface area contributed by atoms with Gasteiger partial charge in [-0.25, -0.2) is 0 Å². The average molecular weight is 221 g/mol. The summed E-state index contributed by atoms with van der Waals surface area (Å²) in [6, 6.07) is 1.41. The van der Waals surface area contributed by atoms with Crippen LogP contribution < -0.4 is 5.32 Å². The third-order valence-electron chi connectivity index (χ3n) is 1.83. The maximum absolute atomic E-state index is 3.46. The lowest BCUT2D eigenvalue weighted by molar-refractivity contribution is 0.719. The van der Waals surface area contributed by atoms with Gasteiger partial charge >= 0.3 is 0 Å². The molecule has 0 aromatic carbocycles. The predicted molar refractivity (Wildman–Crippen MR) is 42.3 cm³/mol. The van der Waals surface area contributed by atoms with E-state index in [0.717, 1.165) is 3.92 Å². The molecule has 2 heteroatoms. The summed E-state index contributed by atoms with van der Waals surface area (Å²) in [6.07, 6.45) is 5.90. The maximum atomic E-state index is 3.46. The summed E-state index contributed by atoms with van der Waals surface area (Å²) >= 11 is 2.51. The second kappa shape index (κ2) is 1.70. The molecule has 0 radical (unpaired) electrons. The first-order valence-corrected chi connectivity index (χ1v) is 4.19. The van der Waals surface area contributed by atoms with Crippen LogP contribution in [0.15, 0.2) is 12.2 Å². The third kappa shape index (κ3) is 0.624. The molecule has 0 aromatic rings. The quantitative estimate of drug-likeness (QED) is 0.367. The Morgan fingerprint density at radius 2 is 2.38 bits per heavy atom. The predicted octanol–water partition coefficient (Wildman–Crippen LogP) is 1.09. The minimum Gasteiger partial charge on any atom is -0.303 e. The fourth-order valence-corrected chi connectivity index (χ4v) is 2.37. The van der Waals surface area contributed by atoms with Crippen LogP contribution >= 0.6 is 22.6 Å². The Bertz CT molecular complexity index is 132. The molecule has 3 atom stereocenters. The summed E-state index contributed by atoms with van der Waals surface area (Å²) in [4.78, 5) is 0. The fraction of sp³-hybridized carbons (Fsp3) is 0.667. The first-order chi connectivity index (χ1) is 3.86. The smallest absolute Gasteiger partial charge is 0.0375 e. The molecule has 2 heterocycles. The van der Waals surface area contributed by atoms with Crippen molar-refractivity contribution >= 4 is 22.6 Å². The Balaban J connectivity index is 2.23. The van der Waals surface area contributed by atoms with E-state index < -0.39 is 0 Å². The molecule has 0 aromatic heterocycles. The number of fused-ring (bicyclic) bond motifs is 2. The van der Waals surface area contributed by atoms with E-state index in [9.17, 15) is 0 Å². The van der Waals surface area contributed by atoms with Crippen LogP contribution in [-0.2, 0) is 0 Å². The lowest BCUT2D eigenvalue weighted by Crippen LogP contribution is -2.22. The monoisotopic (exact) mass is 221 g/mol. The molecule has 2 aliphatic rings. The van der Waals surface area contributed by atoms with E-state index in [-0.39, 0.29) is 0 Å². The molecular formula is C6H8IN. The number of halogens is 1. The molecule has 2 rings (SSSR count). The van der Waals surface area contributed by atoms with Crippen LogP contribution in [0.25, 0.3) is 0 Å². The van der Waals surface area contributed by atoms with Crippen molar-refractivity contribution in [1.29, 1.82) is 0 Å². The van der Waals surface area contributed by atoms with Crippen LogP contribution in [0, 0.1) is 0 Å². The van der Waals surface area contributed by atoms with E-state index in [1.807, 2.05) is 0 Å². The van der Waals surface area contributed by atoms with Gasteiger partial charge in [-0.3, -0.25) is 0 Å². The highest BCUT2D eigenvalue weighted by Gasteiger charge is 2.32. The van der Waals surface area contributed by atoms with Gasteiger partial charge in [-0.2, -0.15) is 0 Å². The van der Waals surface area contributed by atoms with Gasteiger partial charge in [-0.1, -0.05) is 34.7 Å². The Hall–Kier alpha value is 0.430. The van der Waals surface area contributed by atoms with E-state index in [0.29, 0.717) is 12.1 Å². The molecule has 2 aliphatic heterocycles. The van der Waals surface area contributed by atoms with Crippen LogP contribution in [0.1, 0.15) is 6.42 Å². The topological polar surface area (TPSA) is 12.0 Å². The first kappa shape index (κ1) is 5.23. The molecule has 44 valence electrons. The van der Waals surface area contributed by atoms with Crippen LogP contribution in [-0.4, -0.2) is 16.0 Å². The molecule has 3 unspecified atom stereocenters. The van der Waals surface area contributed by atoms with Crippen molar-refractivity contribution in [2.24, 2.45) is 0 Å². The largest absolute Gasteiger partial charge is 0.303 e. The second-order valence-electron chi connectivity index (χ2n) is 2.44. The molecular weight excluding hydrogens is 213 g/mol. The number of rotatable bonds is 0. The number of hydrogen-bond acceptors (Lipinski definition) is 1. The molecule has 8 heavy (non-hydrogen) atoms. The van der Waals surface area contributed by atoms with Crippen molar-refractivity contribution in [3.63, 3.8) is 0 Å². The van der Waals surface area contributed by atoms with Crippen molar-refractivity contribution in [2.75, 3.05) is 0 Å². The maximum Gasteiger partial charge on any atom is 0.0375 e. The van der Waals surface area contributed by atoms with Crippen LogP contribution in [0.4, 0.5) is 0 Å². The summed E-state index contributed by atoms with van der Waals surface area (Å²) in [5.41, 5.74) is 0. The SMILES string of the molecule is IC1CC2C=CC1N2. The number of alkyl halides is 1. The normalized spacial score (nSPS) is 50.9. The zero-order valence-electron chi connectivity index (χ0n) is 4.47. The average Bonchev–Trinajstić information content (AvgIpc) is 2.23. The van der Waals surface area contributed by atoms with Crippen LogP contribution in [0.3, 0.4) is 0 Å². The van der Waals surface area contributed by atoms with Crippen LogP contribution in [0.2, 0.25) is 0 Å². The molecule has 1 N–H and O–H groups in total. The van der Waals surface area contributed by atoms with Gasteiger partial charge in [0.25, 0.3) is 0 Å². The lowest BCUT2D eigenvalue weighted by atomic mass is 10.1. The standard InChI is InChI=1S/C6H8IN/c7-5-3-4-1-2-6(5)8-4/h1-2,4-6,8H,3H2. The minimum atomic E-state index is 0.695. The summed E-state index contributed by atoms with van der Waals surface area (Å²) in [5, 5.41) is 3.46. The van der Waals surface area contributed by atoms with Gasteiger partial charge in [0.2, 0.25) is 0 Å². The first-order valence-electron chi connectivity index (χ1n) is 2.95. The molecule has 1 saturated heterocycles. The summed E-state index contributed by atoms with van der Waals surface area (Å²) < 4.78 is 0.850. The molecule has 0 aliphatic carbocycles. The summed E-state index contributed by atoms with van der Waals surface area (Å²) in [5.74, 6) is 0. The Labute approximate surface area is 62.7 Å². The molecule has 1 nitrogen and oxygen atoms in total. The second-order valence-corrected chi connectivity index (χ2v) is 4.04. The number of nitrogens with one attached hydrogen (secondary N) is 1. The van der Waals surface area contributed by atoms with Gasteiger partial charge in [0, 0.05) is 16.0 Å². The zero-order chi connectivity index (χ0) is 5.56. The van der Waals surface area contributed by atoms with Crippen molar-refractivity contribution in [1.82, 2.24) is 5.32 Å². The van der Waals surface area contributed by atoms with E-state index in [1.54, 1.807) is 0 Å². The van der Waals surface area contributed by atoms with Crippen LogP contribution in [0.5, 0.6) is 0 Å².